The maximum Gasteiger partial charge on any atom is 0.234 e. The first-order chi connectivity index (χ1) is 6.70. The maximum absolute atomic E-state index is 11.2. The summed E-state index contributed by atoms with van der Waals surface area (Å²) in [5, 5.41) is 3.04. The van der Waals surface area contributed by atoms with Crippen LogP contribution in [0.1, 0.15) is 19.8 Å². The first-order valence-electron chi connectivity index (χ1n) is 5.42. The van der Waals surface area contributed by atoms with Gasteiger partial charge in [-0.05, 0) is 19.4 Å². The van der Waals surface area contributed by atoms with Gasteiger partial charge in [-0.3, -0.25) is 4.79 Å². The predicted octanol–water partition coefficient (Wildman–Crippen LogP) is -0.454. The van der Waals surface area contributed by atoms with Crippen LogP contribution in [0.3, 0.4) is 0 Å². The molecule has 4 nitrogen and oxygen atoms in total. The van der Waals surface area contributed by atoms with Gasteiger partial charge in [-0.15, -0.1) is 0 Å². The second-order valence-electron chi connectivity index (χ2n) is 4.51. The number of carbonyl (C=O) groups excluding carboxylic acids is 1. The number of carbonyl (C=O) groups is 1. The number of hydrogen-bond donors (Lipinski definition) is 2. The van der Waals surface area contributed by atoms with E-state index in [9.17, 15) is 4.79 Å². The van der Waals surface area contributed by atoms with E-state index in [-0.39, 0.29) is 12.5 Å². The van der Waals surface area contributed by atoms with E-state index >= 15 is 0 Å². The lowest BCUT2D eigenvalue weighted by atomic mass is 10.0. The third-order valence-electron chi connectivity index (χ3n) is 3.58. The lowest BCUT2D eigenvalue weighted by Gasteiger charge is -2.18. The molecule has 0 bridgehead atoms. The summed E-state index contributed by atoms with van der Waals surface area (Å²) in [6.07, 6.45) is 2.53. The van der Waals surface area contributed by atoms with Crippen molar-refractivity contribution in [2.45, 2.75) is 25.8 Å². The zero-order valence-corrected chi connectivity index (χ0v) is 8.75. The second-order valence-corrected chi connectivity index (χ2v) is 4.51. The summed E-state index contributed by atoms with van der Waals surface area (Å²) in [4.78, 5) is 13.6. The van der Waals surface area contributed by atoms with Gasteiger partial charge in [-0.25, -0.2) is 0 Å². The van der Waals surface area contributed by atoms with Crippen molar-refractivity contribution in [3.05, 3.63) is 0 Å². The molecule has 14 heavy (non-hydrogen) atoms. The first-order valence-corrected chi connectivity index (χ1v) is 5.42. The molecule has 1 aliphatic carbocycles. The third kappa shape index (κ3) is 1.64. The standard InChI is InChI=1S/C10H19N3O/c1-2-13-6-8(12-9(14)5-11)10(7-13)3-4-10/h8H,2-7,11H2,1H3,(H,12,14). The van der Waals surface area contributed by atoms with Crippen LogP contribution in [0.25, 0.3) is 0 Å². The predicted molar refractivity (Wildman–Crippen MR) is 54.8 cm³/mol. The van der Waals surface area contributed by atoms with Crippen LogP contribution in [0, 0.1) is 5.41 Å². The average molecular weight is 197 g/mol. The quantitative estimate of drug-likeness (QED) is 0.644. The Morgan fingerprint density at radius 1 is 1.64 bits per heavy atom. The van der Waals surface area contributed by atoms with Gasteiger partial charge in [0.2, 0.25) is 5.91 Å². The number of hydrogen-bond acceptors (Lipinski definition) is 3. The van der Waals surface area contributed by atoms with Crippen LogP contribution in [-0.4, -0.2) is 43.0 Å². The van der Waals surface area contributed by atoms with Crippen molar-refractivity contribution in [3.63, 3.8) is 0 Å². The molecule has 1 atom stereocenters. The molecule has 1 aliphatic heterocycles. The number of nitrogens with zero attached hydrogens (tertiary/aromatic N) is 1. The molecule has 3 N–H and O–H groups in total. The molecule has 0 aromatic carbocycles. The fourth-order valence-electron chi connectivity index (χ4n) is 2.43. The number of nitrogens with two attached hydrogens (primary N) is 1. The zero-order valence-electron chi connectivity index (χ0n) is 8.75. The van der Waals surface area contributed by atoms with Crippen LogP contribution in [0.15, 0.2) is 0 Å². The molecule has 1 saturated heterocycles. The van der Waals surface area contributed by atoms with Gasteiger partial charge in [-0.2, -0.15) is 0 Å². The average Bonchev–Trinajstić information content (AvgIpc) is 2.87. The second kappa shape index (κ2) is 3.51. The number of rotatable bonds is 3. The van der Waals surface area contributed by atoms with Gasteiger partial charge in [0, 0.05) is 24.5 Å². The maximum atomic E-state index is 11.2. The molecule has 2 fully saturated rings. The number of likely N-dealkylation sites (tertiary alicyclic amines) is 1. The summed E-state index contributed by atoms with van der Waals surface area (Å²) in [6.45, 7) is 5.51. The van der Waals surface area contributed by atoms with Gasteiger partial charge in [-0.1, -0.05) is 6.92 Å². The molecule has 1 heterocycles. The molecule has 1 spiro atoms. The molecule has 4 heteroatoms. The highest BCUT2D eigenvalue weighted by atomic mass is 16.1. The van der Waals surface area contributed by atoms with Crippen LogP contribution in [0.2, 0.25) is 0 Å². The number of likely N-dealkylation sites (N-methyl/N-ethyl adjacent to an activating group) is 1. The summed E-state index contributed by atoms with van der Waals surface area (Å²) >= 11 is 0. The Bertz CT molecular complexity index is 238. The van der Waals surface area contributed by atoms with E-state index in [1.54, 1.807) is 0 Å². The minimum absolute atomic E-state index is 0.0146. The lowest BCUT2D eigenvalue weighted by Crippen LogP contribution is -2.44. The Labute approximate surface area is 84.8 Å². The van der Waals surface area contributed by atoms with Gasteiger partial charge >= 0.3 is 0 Å². The summed E-state index contributed by atoms with van der Waals surface area (Å²) in [5.74, 6) is -0.0146. The third-order valence-corrected chi connectivity index (χ3v) is 3.58. The number of nitrogens with one attached hydrogen (secondary N) is 1. The van der Waals surface area contributed by atoms with E-state index < -0.39 is 0 Å². The minimum atomic E-state index is -0.0146. The Morgan fingerprint density at radius 2 is 2.36 bits per heavy atom. The largest absolute Gasteiger partial charge is 0.350 e. The van der Waals surface area contributed by atoms with Crippen LogP contribution >= 0.6 is 0 Å². The summed E-state index contributed by atoms with van der Waals surface area (Å²) in [6, 6.07) is 0.346. The van der Waals surface area contributed by atoms with Crippen molar-refractivity contribution in [1.82, 2.24) is 10.2 Å². The van der Waals surface area contributed by atoms with Crippen molar-refractivity contribution in [2.24, 2.45) is 11.1 Å². The van der Waals surface area contributed by atoms with Crippen LogP contribution < -0.4 is 11.1 Å². The zero-order chi connectivity index (χ0) is 10.2. The minimum Gasteiger partial charge on any atom is -0.350 e. The SMILES string of the molecule is CCN1CC(NC(=O)CN)C2(CC2)C1. The summed E-state index contributed by atoms with van der Waals surface area (Å²) in [7, 11) is 0. The van der Waals surface area contributed by atoms with Gasteiger partial charge in [0.05, 0.1) is 6.54 Å². The van der Waals surface area contributed by atoms with Gasteiger partial charge < -0.3 is 16.0 Å². The molecule has 2 rings (SSSR count). The van der Waals surface area contributed by atoms with Crippen LogP contribution in [0.4, 0.5) is 0 Å². The van der Waals surface area contributed by atoms with Gasteiger partial charge in [0.25, 0.3) is 0 Å². The van der Waals surface area contributed by atoms with Gasteiger partial charge in [0.15, 0.2) is 0 Å². The van der Waals surface area contributed by atoms with Crippen molar-refractivity contribution < 1.29 is 4.79 Å². The molecule has 1 saturated carbocycles. The molecule has 0 aromatic heterocycles. The van der Waals surface area contributed by atoms with E-state index in [1.807, 2.05) is 0 Å². The Morgan fingerprint density at radius 3 is 2.86 bits per heavy atom. The molecule has 1 unspecified atom stereocenters. The van der Waals surface area contributed by atoms with E-state index in [2.05, 4.69) is 17.1 Å². The van der Waals surface area contributed by atoms with E-state index in [4.69, 9.17) is 5.73 Å². The molecule has 1 amide bonds. The molecule has 2 aliphatic rings. The van der Waals surface area contributed by atoms with Crippen LogP contribution in [-0.2, 0) is 4.79 Å². The van der Waals surface area contributed by atoms with Crippen molar-refractivity contribution in [3.8, 4) is 0 Å². The molecule has 0 aromatic rings. The molecular weight excluding hydrogens is 178 g/mol. The lowest BCUT2D eigenvalue weighted by molar-refractivity contribution is -0.120. The van der Waals surface area contributed by atoms with Gasteiger partial charge in [0.1, 0.15) is 0 Å². The fraction of sp³-hybridized carbons (Fsp3) is 0.900. The van der Waals surface area contributed by atoms with Crippen LogP contribution in [0.5, 0.6) is 0 Å². The summed E-state index contributed by atoms with van der Waals surface area (Å²) in [5.41, 5.74) is 5.70. The van der Waals surface area contributed by atoms with Crippen molar-refractivity contribution in [2.75, 3.05) is 26.2 Å². The Kier molecular flexibility index (Phi) is 2.49. The van der Waals surface area contributed by atoms with E-state index in [0.717, 1.165) is 19.6 Å². The fourth-order valence-corrected chi connectivity index (χ4v) is 2.43. The molecule has 80 valence electrons. The highest BCUT2D eigenvalue weighted by Crippen LogP contribution is 2.52. The smallest absolute Gasteiger partial charge is 0.234 e. The Hall–Kier alpha value is -0.610. The normalized spacial score (nSPS) is 29.4. The first kappa shape index (κ1) is 9.93. The highest BCUT2D eigenvalue weighted by Gasteiger charge is 2.54. The monoisotopic (exact) mass is 197 g/mol. The van der Waals surface area contributed by atoms with Crippen molar-refractivity contribution >= 4 is 5.91 Å². The highest BCUT2D eigenvalue weighted by molar-refractivity contribution is 5.78. The van der Waals surface area contributed by atoms with Crippen molar-refractivity contribution in [1.29, 1.82) is 0 Å². The molecule has 0 radical (unpaired) electrons. The molecular formula is C10H19N3O. The summed E-state index contributed by atoms with van der Waals surface area (Å²) < 4.78 is 0. The number of amides is 1. The van der Waals surface area contributed by atoms with E-state index in [0.29, 0.717) is 11.5 Å². The van der Waals surface area contributed by atoms with E-state index in [1.165, 1.54) is 12.8 Å². The Balaban J connectivity index is 1.95. The topological polar surface area (TPSA) is 58.4 Å².